The maximum Gasteiger partial charge on any atom is 0.109 e. The maximum atomic E-state index is 4.90. The van der Waals surface area contributed by atoms with Crippen LogP contribution in [0.25, 0.3) is 0 Å². The van der Waals surface area contributed by atoms with Gasteiger partial charge in [0.05, 0.1) is 5.69 Å². The molecule has 2 aliphatic rings. The third-order valence-electron chi connectivity index (χ3n) is 4.80. The fourth-order valence-electron chi connectivity index (χ4n) is 3.29. The van der Waals surface area contributed by atoms with Gasteiger partial charge in [-0.2, -0.15) is 0 Å². The van der Waals surface area contributed by atoms with E-state index in [1.165, 1.54) is 36.5 Å². The first-order valence-corrected chi connectivity index (χ1v) is 8.20. The van der Waals surface area contributed by atoms with Gasteiger partial charge in [0.1, 0.15) is 5.82 Å². The molecule has 2 heterocycles. The van der Waals surface area contributed by atoms with Crippen LogP contribution in [0.5, 0.6) is 0 Å². The monoisotopic (exact) mass is 276 g/mol. The van der Waals surface area contributed by atoms with Gasteiger partial charge in [-0.15, -0.1) is 0 Å². The highest BCUT2D eigenvalue weighted by molar-refractivity contribution is 5.20. The summed E-state index contributed by atoms with van der Waals surface area (Å²) in [6, 6.07) is 1.44. The summed E-state index contributed by atoms with van der Waals surface area (Å²) in [5.41, 5.74) is 2.78. The van der Waals surface area contributed by atoms with Crippen molar-refractivity contribution in [3.8, 4) is 0 Å². The second-order valence-electron chi connectivity index (χ2n) is 6.45. The normalized spacial score (nSPS) is 20.2. The molecule has 1 unspecified atom stereocenters. The standard InChI is InChI=1S/C16H28N4/c1-4-5-16-18-14-10-17-9-8-15(14)20(16)11-12(2)19(3)13-6-7-13/h12-13,17H,4-11H2,1-3H3. The molecule has 1 aromatic rings. The molecule has 1 saturated carbocycles. The van der Waals surface area contributed by atoms with Crippen LogP contribution in [0.1, 0.15) is 50.3 Å². The van der Waals surface area contributed by atoms with Crippen LogP contribution in [0, 0.1) is 0 Å². The molecule has 0 bridgehead atoms. The number of rotatable bonds is 6. The highest BCUT2D eigenvalue weighted by atomic mass is 15.2. The van der Waals surface area contributed by atoms with Crippen LogP contribution in [0.4, 0.5) is 0 Å². The third-order valence-corrected chi connectivity index (χ3v) is 4.80. The Hall–Kier alpha value is -0.870. The highest BCUT2D eigenvalue weighted by Crippen LogP contribution is 2.28. The Kier molecular flexibility index (Phi) is 4.13. The first-order valence-electron chi connectivity index (χ1n) is 8.20. The number of nitrogens with one attached hydrogen (secondary N) is 1. The topological polar surface area (TPSA) is 33.1 Å². The predicted molar refractivity (Wildman–Crippen MR) is 81.9 cm³/mol. The van der Waals surface area contributed by atoms with Crippen molar-refractivity contribution in [3.05, 3.63) is 17.2 Å². The van der Waals surface area contributed by atoms with E-state index < -0.39 is 0 Å². The number of imidazole rings is 1. The molecule has 0 spiro atoms. The highest BCUT2D eigenvalue weighted by Gasteiger charge is 2.30. The molecule has 0 amide bonds. The van der Waals surface area contributed by atoms with E-state index >= 15 is 0 Å². The summed E-state index contributed by atoms with van der Waals surface area (Å²) >= 11 is 0. The molecular formula is C16H28N4. The minimum atomic E-state index is 0.603. The van der Waals surface area contributed by atoms with Gasteiger partial charge in [-0.1, -0.05) is 6.92 Å². The van der Waals surface area contributed by atoms with Crippen LogP contribution in [0.3, 0.4) is 0 Å². The summed E-state index contributed by atoms with van der Waals surface area (Å²) < 4.78 is 2.53. The number of aromatic nitrogens is 2. The number of hydrogen-bond acceptors (Lipinski definition) is 3. The molecule has 20 heavy (non-hydrogen) atoms. The minimum Gasteiger partial charge on any atom is -0.330 e. The molecule has 1 fully saturated rings. The van der Waals surface area contributed by atoms with E-state index in [9.17, 15) is 0 Å². The largest absolute Gasteiger partial charge is 0.330 e. The Morgan fingerprint density at radius 1 is 1.45 bits per heavy atom. The van der Waals surface area contributed by atoms with Gasteiger partial charge in [-0.05, 0) is 33.2 Å². The first-order chi connectivity index (χ1) is 9.70. The van der Waals surface area contributed by atoms with Gasteiger partial charge < -0.3 is 9.88 Å². The van der Waals surface area contributed by atoms with Gasteiger partial charge in [0, 0.05) is 50.3 Å². The molecule has 0 aromatic carbocycles. The maximum absolute atomic E-state index is 4.90. The number of nitrogens with zero attached hydrogens (tertiary/aromatic N) is 3. The van der Waals surface area contributed by atoms with Crippen molar-refractivity contribution >= 4 is 0 Å². The zero-order valence-electron chi connectivity index (χ0n) is 13.2. The minimum absolute atomic E-state index is 0.603. The first kappa shape index (κ1) is 14.1. The Morgan fingerprint density at radius 3 is 2.95 bits per heavy atom. The number of fused-ring (bicyclic) bond motifs is 1. The average Bonchev–Trinajstić information content (AvgIpc) is 3.24. The number of likely N-dealkylation sites (N-methyl/N-ethyl adjacent to an activating group) is 1. The zero-order valence-corrected chi connectivity index (χ0v) is 13.2. The quantitative estimate of drug-likeness (QED) is 0.862. The van der Waals surface area contributed by atoms with Crippen molar-refractivity contribution in [2.75, 3.05) is 13.6 Å². The van der Waals surface area contributed by atoms with Crippen molar-refractivity contribution < 1.29 is 0 Å². The van der Waals surface area contributed by atoms with Crippen LogP contribution in [0.2, 0.25) is 0 Å². The number of aryl methyl sites for hydroxylation is 1. The van der Waals surface area contributed by atoms with E-state index in [1.807, 2.05) is 0 Å². The summed E-state index contributed by atoms with van der Waals surface area (Å²) in [5.74, 6) is 1.30. The van der Waals surface area contributed by atoms with Crippen molar-refractivity contribution in [2.45, 2.75) is 71.1 Å². The van der Waals surface area contributed by atoms with Crippen molar-refractivity contribution in [1.29, 1.82) is 0 Å². The molecule has 1 aromatic heterocycles. The van der Waals surface area contributed by atoms with Gasteiger partial charge in [-0.25, -0.2) is 4.98 Å². The third kappa shape index (κ3) is 2.77. The van der Waals surface area contributed by atoms with Crippen LogP contribution in [0.15, 0.2) is 0 Å². The van der Waals surface area contributed by atoms with Crippen LogP contribution in [-0.4, -0.2) is 40.1 Å². The lowest BCUT2D eigenvalue weighted by molar-refractivity contribution is 0.222. The van der Waals surface area contributed by atoms with Crippen molar-refractivity contribution in [3.63, 3.8) is 0 Å². The molecule has 1 aliphatic heterocycles. The van der Waals surface area contributed by atoms with Gasteiger partial charge >= 0.3 is 0 Å². The zero-order chi connectivity index (χ0) is 14.1. The summed E-state index contributed by atoms with van der Waals surface area (Å²) in [6.07, 6.45) is 6.18. The molecule has 4 nitrogen and oxygen atoms in total. The summed E-state index contributed by atoms with van der Waals surface area (Å²) in [5, 5.41) is 3.44. The van der Waals surface area contributed by atoms with E-state index in [2.05, 4.69) is 35.7 Å². The molecule has 3 rings (SSSR count). The second kappa shape index (κ2) is 5.86. The van der Waals surface area contributed by atoms with Gasteiger partial charge in [0.15, 0.2) is 0 Å². The van der Waals surface area contributed by atoms with Crippen molar-refractivity contribution in [1.82, 2.24) is 19.8 Å². The second-order valence-corrected chi connectivity index (χ2v) is 6.45. The number of hydrogen-bond donors (Lipinski definition) is 1. The fraction of sp³-hybridized carbons (Fsp3) is 0.812. The predicted octanol–water partition coefficient (Wildman–Crippen LogP) is 1.96. The van der Waals surface area contributed by atoms with Crippen LogP contribution >= 0.6 is 0 Å². The molecule has 112 valence electrons. The summed E-state index contributed by atoms with van der Waals surface area (Å²) in [4.78, 5) is 7.45. The SMILES string of the molecule is CCCc1nc2c(n1CC(C)N(C)C1CC1)CCNC2. The molecule has 0 radical (unpaired) electrons. The van der Waals surface area contributed by atoms with Crippen LogP contribution < -0.4 is 5.32 Å². The van der Waals surface area contributed by atoms with Gasteiger partial charge in [0.2, 0.25) is 0 Å². The van der Waals surface area contributed by atoms with E-state index in [0.717, 1.165) is 38.5 Å². The Morgan fingerprint density at radius 2 is 2.25 bits per heavy atom. The van der Waals surface area contributed by atoms with E-state index in [0.29, 0.717) is 6.04 Å². The molecule has 1 N–H and O–H groups in total. The summed E-state index contributed by atoms with van der Waals surface area (Å²) in [7, 11) is 2.28. The summed E-state index contributed by atoms with van der Waals surface area (Å²) in [6.45, 7) is 7.76. The van der Waals surface area contributed by atoms with Gasteiger partial charge in [0.25, 0.3) is 0 Å². The van der Waals surface area contributed by atoms with E-state index in [4.69, 9.17) is 4.98 Å². The Bertz CT molecular complexity index is 461. The average molecular weight is 276 g/mol. The molecule has 0 saturated heterocycles. The van der Waals surface area contributed by atoms with E-state index in [-0.39, 0.29) is 0 Å². The molecule has 1 atom stereocenters. The lowest BCUT2D eigenvalue weighted by Gasteiger charge is -2.27. The smallest absolute Gasteiger partial charge is 0.109 e. The molecule has 4 heteroatoms. The lowest BCUT2D eigenvalue weighted by Crippen LogP contribution is -2.36. The van der Waals surface area contributed by atoms with Crippen LogP contribution in [-0.2, 0) is 25.9 Å². The molecular weight excluding hydrogens is 248 g/mol. The Labute approximate surface area is 122 Å². The van der Waals surface area contributed by atoms with E-state index in [1.54, 1.807) is 0 Å². The Balaban J connectivity index is 1.80. The molecule has 1 aliphatic carbocycles. The van der Waals surface area contributed by atoms with Crippen molar-refractivity contribution in [2.24, 2.45) is 0 Å². The fourth-order valence-corrected chi connectivity index (χ4v) is 3.29. The van der Waals surface area contributed by atoms with Gasteiger partial charge in [-0.3, -0.25) is 4.90 Å². The lowest BCUT2D eigenvalue weighted by atomic mass is 10.1.